The normalized spacial score (nSPS) is 11.7. The maximum absolute atomic E-state index is 12.4. The monoisotopic (exact) mass is 270 g/mol. The van der Waals surface area contributed by atoms with Crippen LogP contribution in [0.3, 0.4) is 0 Å². The highest BCUT2D eigenvalue weighted by Gasteiger charge is 2.20. The molecule has 0 aliphatic carbocycles. The molecule has 0 fully saturated rings. The minimum atomic E-state index is -3.61. The summed E-state index contributed by atoms with van der Waals surface area (Å²) in [7, 11) is -3.61. The maximum Gasteiger partial charge on any atom is 0.269 e. The highest BCUT2D eigenvalue weighted by Crippen LogP contribution is 2.22. The van der Waals surface area contributed by atoms with Gasteiger partial charge in [0.25, 0.3) is 10.0 Å². The molecule has 0 aliphatic heterocycles. The average molecular weight is 271 g/mol. The molecule has 0 radical (unpaired) electrons. The van der Waals surface area contributed by atoms with Crippen molar-refractivity contribution in [2.45, 2.75) is 18.7 Å². The Labute approximate surface area is 105 Å². The summed E-state index contributed by atoms with van der Waals surface area (Å²) in [4.78, 5) is 4.11. The number of halogens is 1. The van der Waals surface area contributed by atoms with Gasteiger partial charge in [-0.25, -0.2) is 17.4 Å². The fourth-order valence-corrected chi connectivity index (χ4v) is 3.39. The third-order valence-electron chi connectivity index (χ3n) is 2.47. The first kappa shape index (κ1) is 12.1. The Morgan fingerprint density at radius 1 is 1.29 bits per heavy atom. The summed E-state index contributed by atoms with van der Waals surface area (Å²) in [6.07, 6.45) is 2.87. The number of rotatable bonds is 2. The van der Waals surface area contributed by atoms with Crippen molar-refractivity contribution >= 4 is 21.6 Å². The largest absolute Gasteiger partial charge is 0.269 e. The minimum absolute atomic E-state index is 0.200. The van der Waals surface area contributed by atoms with E-state index in [-0.39, 0.29) is 4.90 Å². The summed E-state index contributed by atoms with van der Waals surface area (Å²) in [5, 5.41) is 0.395. The molecule has 0 atom stereocenters. The van der Waals surface area contributed by atoms with E-state index in [4.69, 9.17) is 11.6 Å². The van der Waals surface area contributed by atoms with E-state index in [0.717, 1.165) is 3.97 Å². The van der Waals surface area contributed by atoms with Crippen LogP contribution in [0, 0.1) is 13.8 Å². The fraction of sp³-hybridized carbons (Fsp3) is 0.182. The first-order chi connectivity index (χ1) is 7.93. The molecule has 1 aromatic carbocycles. The van der Waals surface area contributed by atoms with Gasteiger partial charge in [-0.3, -0.25) is 0 Å². The summed E-state index contributed by atoms with van der Waals surface area (Å²) < 4.78 is 25.9. The van der Waals surface area contributed by atoms with Crippen LogP contribution in [0.25, 0.3) is 0 Å². The van der Waals surface area contributed by atoms with Gasteiger partial charge < -0.3 is 0 Å². The Bertz CT molecular complexity index is 662. The number of hydrogen-bond acceptors (Lipinski definition) is 3. The second kappa shape index (κ2) is 4.16. The standard InChI is InChI=1S/C11H11ClN2O2S/c1-8-3-4-10(12)7-11(8)17(15,16)14-6-5-13-9(14)2/h3-7H,1-2H3. The lowest BCUT2D eigenvalue weighted by molar-refractivity contribution is 0.585. The van der Waals surface area contributed by atoms with Crippen LogP contribution in [-0.4, -0.2) is 17.4 Å². The summed E-state index contributed by atoms with van der Waals surface area (Å²) >= 11 is 5.83. The zero-order valence-corrected chi connectivity index (χ0v) is 11.0. The molecule has 0 bridgehead atoms. The van der Waals surface area contributed by atoms with Crippen LogP contribution >= 0.6 is 11.6 Å². The van der Waals surface area contributed by atoms with E-state index in [2.05, 4.69) is 4.98 Å². The van der Waals surface area contributed by atoms with Crippen molar-refractivity contribution in [3.63, 3.8) is 0 Å². The quantitative estimate of drug-likeness (QED) is 0.842. The molecule has 6 heteroatoms. The molecule has 2 aromatic rings. The van der Waals surface area contributed by atoms with Gasteiger partial charge in [0.1, 0.15) is 5.82 Å². The highest BCUT2D eigenvalue weighted by atomic mass is 35.5. The van der Waals surface area contributed by atoms with Crippen LogP contribution in [0.4, 0.5) is 0 Å². The predicted molar refractivity (Wildman–Crippen MR) is 65.7 cm³/mol. The van der Waals surface area contributed by atoms with Crippen LogP contribution in [0.1, 0.15) is 11.4 Å². The van der Waals surface area contributed by atoms with Crippen molar-refractivity contribution in [1.82, 2.24) is 8.96 Å². The fourth-order valence-electron chi connectivity index (χ4n) is 1.58. The Hall–Kier alpha value is -1.33. The topological polar surface area (TPSA) is 52.0 Å². The van der Waals surface area contributed by atoms with E-state index in [1.165, 1.54) is 18.5 Å². The number of aromatic nitrogens is 2. The molecule has 4 nitrogen and oxygen atoms in total. The van der Waals surface area contributed by atoms with Gasteiger partial charge >= 0.3 is 0 Å². The van der Waals surface area contributed by atoms with Crippen molar-refractivity contribution in [1.29, 1.82) is 0 Å². The Morgan fingerprint density at radius 3 is 2.59 bits per heavy atom. The molecule has 0 N–H and O–H groups in total. The molecule has 1 heterocycles. The zero-order chi connectivity index (χ0) is 12.6. The molecule has 1 aromatic heterocycles. The Morgan fingerprint density at radius 2 is 2.00 bits per heavy atom. The van der Waals surface area contributed by atoms with Gasteiger partial charge in [-0.15, -0.1) is 0 Å². The number of hydrogen-bond donors (Lipinski definition) is 0. The van der Waals surface area contributed by atoms with E-state index >= 15 is 0 Å². The summed E-state index contributed by atoms with van der Waals surface area (Å²) in [5.41, 5.74) is 0.655. The van der Waals surface area contributed by atoms with E-state index in [1.807, 2.05) is 0 Å². The predicted octanol–water partition coefficient (Wildman–Crippen LogP) is 2.39. The Balaban J connectivity index is 2.68. The van der Waals surface area contributed by atoms with Crippen LogP contribution in [0.2, 0.25) is 5.02 Å². The summed E-state index contributed by atoms with van der Waals surface area (Å²) in [6, 6.07) is 4.80. The van der Waals surface area contributed by atoms with Gasteiger partial charge in [0.05, 0.1) is 4.90 Å². The molecular weight excluding hydrogens is 260 g/mol. The highest BCUT2D eigenvalue weighted by molar-refractivity contribution is 7.90. The van der Waals surface area contributed by atoms with Crippen molar-refractivity contribution in [3.8, 4) is 0 Å². The molecule has 0 saturated carbocycles. The van der Waals surface area contributed by atoms with Crippen molar-refractivity contribution < 1.29 is 8.42 Å². The third kappa shape index (κ3) is 2.08. The van der Waals surface area contributed by atoms with Crippen LogP contribution in [0.5, 0.6) is 0 Å². The van der Waals surface area contributed by atoms with E-state index in [1.54, 1.807) is 26.0 Å². The number of benzene rings is 1. The minimum Gasteiger partial charge on any atom is -0.241 e. The smallest absolute Gasteiger partial charge is 0.241 e. The van der Waals surface area contributed by atoms with Gasteiger partial charge in [-0.05, 0) is 31.5 Å². The first-order valence-electron chi connectivity index (χ1n) is 4.94. The lowest BCUT2D eigenvalue weighted by atomic mass is 10.2. The van der Waals surface area contributed by atoms with Crippen molar-refractivity contribution in [3.05, 3.63) is 47.0 Å². The molecule has 0 aliphatic rings. The van der Waals surface area contributed by atoms with Crippen LogP contribution in [0.15, 0.2) is 35.5 Å². The SMILES string of the molecule is Cc1ccc(Cl)cc1S(=O)(=O)n1ccnc1C. The van der Waals surface area contributed by atoms with Gasteiger partial charge in [-0.2, -0.15) is 0 Å². The molecule has 90 valence electrons. The van der Waals surface area contributed by atoms with Gasteiger partial charge in [0, 0.05) is 17.4 Å². The first-order valence-corrected chi connectivity index (χ1v) is 6.76. The Kier molecular flexibility index (Phi) is 2.97. The number of nitrogens with zero attached hydrogens (tertiary/aromatic N) is 2. The van der Waals surface area contributed by atoms with Gasteiger partial charge in [0.2, 0.25) is 0 Å². The molecular formula is C11H11ClN2O2S. The van der Waals surface area contributed by atoms with Gasteiger partial charge in [-0.1, -0.05) is 17.7 Å². The molecule has 0 unspecified atom stereocenters. The second-order valence-corrected chi connectivity index (χ2v) is 5.90. The zero-order valence-electron chi connectivity index (χ0n) is 9.38. The summed E-state index contributed by atoms with van der Waals surface area (Å²) in [5.74, 6) is 0.421. The molecule has 0 spiro atoms. The van der Waals surface area contributed by atoms with E-state index in [9.17, 15) is 8.42 Å². The second-order valence-electron chi connectivity index (χ2n) is 3.69. The third-order valence-corrected chi connectivity index (χ3v) is 4.60. The molecule has 0 amide bonds. The van der Waals surface area contributed by atoms with Gasteiger partial charge in [0.15, 0.2) is 0 Å². The van der Waals surface area contributed by atoms with E-state index < -0.39 is 10.0 Å². The van der Waals surface area contributed by atoms with Crippen LogP contribution < -0.4 is 0 Å². The van der Waals surface area contributed by atoms with Crippen LogP contribution in [-0.2, 0) is 10.0 Å². The molecule has 0 saturated heterocycles. The summed E-state index contributed by atoms with van der Waals surface area (Å²) in [6.45, 7) is 3.37. The lowest BCUT2D eigenvalue weighted by Crippen LogP contribution is -2.14. The number of imidazole rings is 1. The van der Waals surface area contributed by atoms with Crippen molar-refractivity contribution in [2.24, 2.45) is 0 Å². The maximum atomic E-state index is 12.4. The molecule has 17 heavy (non-hydrogen) atoms. The van der Waals surface area contributed by atoms with Crippen molar-refractivity contribution in [2.75, 3.05) is 0 Å². The lowest BCUT2D eigenvalue weighted by Gasteiger charge is -2.10. The van der Waals surface area contributed by atoms with E-state index in [0.29, 0.717) is 16.4 Å². The molecule has 2 rings (SSSR count). The number of aryl methyl sites for hydroxylation is 2. The average Bonchev–Trinajstić information content (AvgIpc) is 2.68.